The fraction of sp³-hybridized carbons (Fsp3) is 0.500. The predicted octanol–water partition coefficient (Wildman–Crippen LogP) is 1.10. The number of aryl methyl sites for hydroxylation is 1. The second kappa shape index (κ2) is 5.75. The third-order valence-electron chi connectivity index (χ3n) is 4.19. The summed E-state index contributed by atoms with van der Waals surface area (Å²) < 4.78 is 23.0. The van der Waals surface area contributed by atoms with Crippen molar-refractivity contribution in [1.82, 2.24) is 0 Å². The summed E-state index contributed by atoms with van der Waals surface area (Å²) in [6.45, 7) is 1.95. The number of nitrogens with one attached hydrogen (secondary N) is 1. The van der Waals surface area contributed by atoms with E-state index in [0.717, 1.165) is 25.7 Å². The maximum atomic E-state index is 12.4. The van der Waals surface area contributed by atoms with Crippen LogP contribution in [0.3, 0.4) is 0 Å². The summed E-state index contributed by atoms with van der Waals surface area (Å²) in [5.41, 5.74) is 6.21. The highest BCUT2D eigenvalue weighted by Gasteiger charge is 2.39. The van der Waals surface area contributed by atoms with Crippen molar-refractivity contribution in [3.63, 3.8) is 0 Å². The fourth-order valence-electron chi connectivity index (χ4n) is 2.82. The van der Waals surface area contributed by atoms with Crippen molar-refractivity contribution in [2.75, 3.05) is 11.9 Å². The van der Waals surface area contributed by atoms with Gasteiger partial charge in [-0.2, -0.15) is 0 Å². The number of rotatable bonds is 4. The summed E-state index contributed by atoms with van der Waals surface area (Å²) >= 11 is 0. The molecule has 5 N–H and O–H groups in total. The number of hydrogen-bond acceptors (Lipinski definition) is 4. The lowest BCUT2D eigenvalue weighted by molar-refractivity contribution is -0.124. The molecule has 6 nitrogen and oxygen atoms in total. The number of anilines is 1. The van der Waals surface area contributed by atoms with Crippen LogP contribution >= 0.6 is 0 Å². The zero-order valence-electron chi connectivity index (χ0n) is 12.1. The van der Waals surface area contributed by atoms with Gasteiger partial charge in [-0.25, -0.2) is 13.6 Å². The Kier molecular flexibility index (Phi) is 4.36. The number of carbonyl (C=O) groups is 1. The summed E-state index contributed by atoms with van der Waals surface area (Å²) in [4.78, 5) is 12.5. The van der Waals surface area contributed by atoms with Crippen molar-refractivity contribution >= 4 is 21.6 Å². The molecule has 0 bridgehead atoms. The largest absolute Gasteiger partial charge is 0.329 e. The Bertz CT molecular complexity index is 649. The molecule has 0 unspecified atom stereocenters. The van der Waals surface area contributed by atoms with Gasteiger partial charge in [0.1, 0.15) is 0 Å². The van der Waals surface area contributed by atoms with Crippen LogP contribution in [0, 0.1) is 12.3 Å². The number of primary sulfonamides is 1. The van der Waals surface area contributed by atoms with Gasteiger partial charge in [0.25, 0.3) is 0 Å². The molecule has 1 aromatic carbocycles. The molecule has 1 saturated carbocycles. The summed E-state index contributed by atoms with van der Waals surface area (Å²) in [6.07, 6.45) is 3.51. The third-order valence-corrected chi connectivity index (χ3v) is 5.24. The molecule has 1 aromatic rings. The Balaban J connectivity index is 2.26. The van der Waals surface area contributed by atoms with Crippen molar-refractivity contribution in [3.8, 4) is 0 Å². The number of sulfonamides is 1. The van der Waals surface area contributed by atoms with Crippen LogP contribution in [0.25, 0.3) is 0 Å². The number of carbonyl (C=O) groups excluding carboxylic acids is 1. The van der Waals surface area contributed by atoms with E-state index >= 15 is 0 Å². The molecule has 0 heterocycles. The maximum absolute atomic E-state index is 12.4. The molecule has 0 aromatic heterocycles. The van der Waals surface area contributed by atoms with Gasteiger partial charge in [-0.05, 0) is 37.5 Å². The zero-order valence-corrected chi connectivity index (χ0v) is 12.9. The van der Waals surface area contributed by atoms with E-state index in [2.05, 4.69) is 5.32 Å². The number of nitrogens with two attached hydrogens (primary N) is 2. The SMILES string of the molecule is Cc1ccc(NC(=O)C2(CN)CCCC2)cc1S(N)(=O)=O. The van der Waals surface area contributed by atoms with Gasteiger partial charge in [-0.1, -0.05) is 18.9 Å². The first-order valence-electron chi connectivity index (χ1n) is 6.93. The number of benzene rings is 1. The molecule has 116 valence electrons. The molecule has 0 spiro atoms. The molecule has 1 aliphatic carbocycles. The zero-order chi connectivity index (χ0) is 15.7. The lowest BCUT2D eigenvalue weighted by Crippen LogP contribution is -2.40. The molecule has 7 heteroatoms. The standard InChI is InChI=1S/C14H21N3O3S/c1-10-4-5-11(8-12(10)21(16,19)20)17-13(18)14(9-15)6-2-3-7-14/h4-5,8H,2-3,6-7,9,15H2,1H3,(H,17,18)(H2,16,19,20). The van der Waals surface area contributed by atoms with E-state index < -0.39 is 15.4 Å². The molecule has 2 rings (SSSR count). The average molecular weight is 311 g/mol. The highest BCUT2D eigenvalue weighted by molar-refractivity contribution is 7.89. The summed E-state index contributed by atoms with van der Waals surface area (Å²) in [6, 6.07) is 4.68. The Labute approximate surface area is 124 Å². The lowest BCUT2D eigenvalue weighted by Gasteiger charge is -2.25. The van der Waals surface area contributed by atoms with Crippen LogP contribution in [-0.2, 0) is 14.8 Å². The first-order valence-corrected chi connectivity index (χ1v) is 8.48. The molecular formula is C14H21N3O3S. The average Bonchev–Trinajstić information content (AvgIpc) is 2.89. The van der Waals surface area contributed by atoms with Crippen LogP contribution in [-0.4, -0.2) is 20.9 Å². The van der Waals surface area contributed by atoms with Crippen LogP contribution in [0.15, 0.2) is 23.1 Å². The molecule has 0 aliphatic heterocycles. The topological polar surface area (TPSA) is 115 Å². The Hall–Kier alpha value is -1.44. The van der Waals surface area contributed by atoms with E-state index in [1.807, 2.05) is 0 Å². The van der Waals surface area contributed by atoms with Crippen LogP contribution in [0.5, 0.6) is 0 Å². The monoisotopic (exact) mass is 311 g/mol. The van der Waals surface area contributed by atoms with E-state index in [-0.39, 0.29) is 10.8 Å². The highest BCUT2D eigenvalue weighted by atomic mass is 32.2. The molecule has 0 radical (unpaired) electrons. The van der Waals surface area contributed by atoms with Gasteiger partial charge in [-0.3, -0.25) is 4.79 Å². The minimum Gasteiger partial charge on any atom is -0.329 e. The van der Waals surface area contributed by atoms with Crippen LogP contribution < -0.4 is 16.2 Å². The van der Waals surface area contributed by atoms with Crippen molar-refractivity contribution < 1.29 is 13.2 Å². The van der Waals surface area contributed by atoms with Crippen molar-refractivity contribution in [2.24, 2.45) is 16.3 Å². The van der Waals surface area contributed by atoms with E-state index in [1.165, 1.54) is 6.07 Å². The molecule has 0 saturated heterocycles. The van der Waals surface area contributed by atoms with Crippen molar-refractivity contribution in [2.45, 2.75) is 37.5 Å². The molecule has 21 heavy (non-hydrogen) atoms. The summed E-state index contributed by atoms with van der Waals surface area (Å²) in [7, 11) is -3.81. The quantitative estimate of drug-likeness (QED) is 0.772. The second-order valence-electron chi connectivity index (χ2n) is 5.67. The lowest BCUT2D eigenvalue weighted by atomic mass is 9.85. The Morgan fingerprint density at radius 2 is 1.95 bits per heavy atom. The van der Waals surface area contributed by atoms with Gasteiger partial charge >= 0.3 is 0 Å². The maximum Gasteiger partial charge on any atom is 0.238 e. The predicted molar refractivity (Wildman–Crippen MR) is 81.1 cm³/mol. The molecule has 1 amide bonds. The minimum absolute atomic E-state index is 0.0218. The van der Waals surface area contributed by atoms with Crippen molar-refractivity contribution in [3.05, 3.63) is 23.8 Å². The molecular weight excluding hydrogens is 290 g/mol. The molecule has 0 atom stereocenters. The van der Waals surface area contributed by atoms with Crippen molar-refractivity contribution in [1.29, 1.82) is 0 Å². The van der Waals surface area contributed by atoms with Gasteiger partial charge in [0.15, 0.2) is 0 Å². The molecule has 1 fully saturated rings. The van der Waals surface area contributed by atoms with E-state index in [4.69, 9.17) is 10.9 Å². The first kappa shape index (κ1) is 15.9. The highest BCUT2D eigenvalue weighted by Crippen LogP contribution is 2.38. The van der Waals surface area contributed by atoms with Gasteiger partial charge in [0.2, 0.25) is 15.9 Å². The van der Waals surface area contributed by atoms with Gasteiger partial charge < -0.3 is 11.1 Å². The fourth-order valence-corrected chi connectivity index (χ4v) is 3.63. The number of hydrogen-bond donors (Lipinski definition) is 3. The van der Waals surface area contributed by atoms with E-state index in [1.54, 1.807) is 19.1 Å². The Morgan fingerprint density at radius 3 is 2.48 bits per heavy atom. The van der Waals surface area contributed by atoms with Gasteiger partial charge in [0.05, 0.1) is 10.3 Å². The van der Waals surface area contributed by atoms with E-state index in [9.17, 15) is 13.2 Å². The van der Waals surface area contributed by atoms with Gasteiger partial charge in [-0.15, -0.1) is 0 Å². The van der Waals surface area contributed by atoms with Crippen LogP contribution in [0.4, 0.5) is 5.69 Å². The minimum atomic E-state index is -3.81. The van der Waals surface area contributed by atoms with Crippen LogP contribution in [0.1, 0.15) is 31.2 Å². The molecule has 1 aliphatic rings. The summed E-state index contributed by atoms with van der Waals surface area (Å²) in [5, 5.41) is 7.95. The van der Waals surface area contributed by atoms with Gasteiger partial charge in [0, 0.05) is 12.2 Å². The second-order valence-corrected chi connectivity index (χ2v) is 7.20. The van der Waals surface area contributed by atoms with Crippen LogP contribution in [0.2, 0.25) is 0 Å². The number of amides is 1. The normalized spacial score (nSPS) is 17.7. The first-order chi connectivity index (χ1) is 9.78. The summed E-state index contributed by atoms with van der Waals surface area (Å²) in [5.74, 6) is -0.147. The van der Waals surface area contributed by atoms with E-state index in [0.29, 0.717) is 17.8 Å². The smallest absolute Gasteiger partial charge is 0.238 e. The third kappa shape index (κ3) is 3.25. The Morgan fingerprint density at radius 1 is 1.33 bits per heavy atom.